The Morgan fingerprint density at radius 1 is 1.11 bits per heavy atom. The summed E-state index contributed by atoms with van der Waals surface area (Å²) in [6, 6.07) is 15.1. The standard InChI is InChI=1S/C21H24F3N3O/c1-25-20(28)19-11-17(14-27(19)13-15-7-3-2-4-8-15)26-12-16-9-5-6-10-18(16)21(22,23)24/h2-10,17,19,26H,11-14H2,1H3,(H,25,28)/t17-,19+/m1/s1. The number of benzene rings is 2. The Bertz CT molecular complexity index is 795. The van der Waals surface area contributed by atoms with Crippen LogP contribution >= 0.6 is 0 Å². The number of nitrogens with one attached hydrogen (secondary N) is 2. The largest absolute Gasteiger partial charge is 0.416 e. The van der Waals surface area contributed by atoms with E-state index in [1.807, 2.05) is 30.3 Å². The molecule has 1 amide bonds. The first-order valence-corrected chi connectivity index (χ1v) is 9.26. The molecule has 0 aromatic heterocycles. The highest BCUT2D eigenvalue weighted by Crippen LogP contribution is 2.32. The van der Waals surface area contributed by atoms with Crippen LogP contribution in [0, 0.1) is 0 Å². The summed E-state index contributed by atoms with van der Waals surface area (Å²) in [4.78, 5) is 14.4. The normalized spacial score (nSPS) is 20.3. The van der Waals surface area contributed by atoms with Crippen molar-refractivity contribution >= 4 is 5.91 Å². The van der Waals surface area contributed by atoms with E-state index in [-0.39, 0.29) is 30.1 Å². The van der Waals surface area contributed by atoms with E-state index in [0.717, 1.165) is 11.6 Å². The minimum absolute atomic E-state index is 0.0627. The molecular formula is C21H24F3N3O. The van der Waals surface area contributed by atoms with E-state index in [2.05, 4.69) is 15.5 Å². The second-order valence-electron chi connectivity index (χ2n) is 7.01. The summed E-state index contributed by atoms with van der Waals surface area (Å²) >= 11 is 0. The molecule has 2 N–H and O–H groups in total. The maximum atomic E-state index is 13.2. The van der Waals surface area contributed by atoms with Crippen LogP contribution in [0.1, 0.15) is 23.1 Å². The van der Waals surface area contributed by atoms with Gasteiger partial charge in [0.25, 0.3) is 0 Å². The lowest BCUT2D eigenvalue weighted by Crippen LogP contribution is -2.41. The number of hydrogen-bond acceptors (Lipinski definition) is 3. The van der Waals surface area contributed by atoms with Crippen molar-refractivity contribution in [1.29, 1.82) is 0 Å². The second-order valence-corrected chi connectivity index (χ2v) is 7.01. The lowest BCUT2D eigenvalue weighted by atomic mass is 10.1. The van der Waals surface area contributed by atoms with Crippen LogP contribution < -0.4 is 10.6 Å². The molecule has 0 radical (unpaired) electrons. The van der Waals surface area contributed by atoms with Crippen molar-refractivity contribution in [2.24, 2.45) is 0 Å². The maximum absolute atomic E-state index is 13.2. The van der Waals surface area contributed by atoms with Gasteiger partial charge in [0, 0.05) is 32.7 Å². The Morgan fingerprint density at radius 3 is 2.46 bits per heavy atom. The number of nitrogens with zero attached hydrogens (tertiary/aromatic N) is 1. The highest BCUT2D eigenvalue weighted by Gasteiger charge is 2.37. The van der Waals surface area contributed by atoms with Crippen molar-refractivity contribution in [3.8, 4) is 0 Å². The lowest BCUT2D eigenvalue weighted by Gasteiger charge is -2.22. The second kappa shape index (κ2) is 8.75. The number of alkyl halides is 3. The Morgan fingerprint density at radius 2 is 1.79 bits per heavy atom. The third kappa shape index (κ3) is 4.91. The van der Waals surface area contributed by atoms with Crippen molar-refractivity contribution in [1.82, 2.24) is 15.5 Å². The summed E-state index contributed by atoms with van der Waals surface area (Å²) in [5.74, 6) is -0.0732. The zero-order valence-corrected chi connectivity index (χ0v) is 15.7. The fraction of sp³-hybridized carbons (Fsp3) is 0.381. The molecule has 2 aromatic carbocycles. The zero-order valence-electron chi connectivity index (χ0n) is 15.7. The Balaban J connectivity index is 1.68. The van der Waals surface area contributed by atoms with Crippen molar-refractivity contribution < 1.29 is 18.0 Å². The van der Waals surface area contributed by atoms with Gasteiger partial charge in [-0.3, -0.25) is 9.69 Å². The van der Waals surface area contributed by atoms with Crippen LogP contribution in [0.4, 0.5) is 13.2 Å². The van der Waals surface area contributed by atoms with Gasteiger partial charge in [0.15, 0.2) is 0 Å². The lowest BCUT2D eigenvalue weighted by molar-refractivity contribution is -0.138. The number of carbonyl (C=O) groups is 1. The quantitative estimate of drug-likeness (QED) is 0.795. The average molecular weight is 391 g/mol. The van der Waals surface area contributed by atoms with Gasteiger partial charge < -0.3 is 10.6 Å². The monoisotopic (exact) mass is 391 g/mol. The van der Waals surface area contributed by atoms with E-state index in [4.69, 9.17) is 0 Å². The van der Waals surface area contributed by atoms with E-state index >= 15 is 0 Å². The molecule has 28 heavy (non-hydrogen) atoms. The highest BCUT2D eigenvalue weighted by atomic mass is 19.4. The van der Waals surface area contributed by atoms with Crippen LogP contribution in [-0.2, 0) is 24.1 Å². The summed E-state index contributed by atoms with van der Waals surface area (Å²) in [5.41, 5.74) is 0.692. The minimum Gasteiger partial charge on any atom is -0.358 e. The number of halogens is 3. The number of amides is 1. The van der Waals surface area contributed by atoms with E-state index in [1.54, 1.807) is 13.1 Å². The molecule has 150 valence electrons. The van der Waals surface area contributed by atoms with Crippen LogP contribution in [0.2, 0.25) is 0 Å². The van der Waals surface area contributed by atoms with Gasteiger partial charge in [0.1, 0.15) is 0 Å². The summed E-state index contributed by atoms with van der Waals surface area (Å²) < 4.78 is 39.5. The zero-order chi connectivity index (χ0) is 20.1. The molecule has 3 rings (SSSR count). The topological polar surface area (TPSA) is 44.4 Å². The third-order valence-electron chi connectivity index (χ3n) is 5.08. The number of likely N-dealkylation sites (tertiary alicyclic amines) is 1. The first-order chi connectivity index (χ1) is 13.4. The molecule has 2 aromatic rings. The molecule has 0 spiro atoms. The molecule has 7 heteroatoms. The molecule has 0 saturated carbocycles. The van der Waals surface area contributed by atoms with E-state index < -0.39 is 11.7 Å². The van der Waals surface area contributed by atoms with Gasteiger partial charge in [0.05, 0.1) is 11.6 Å². The van der Waals surface area contributed by atoms with Crippen molar-refractivity contribution in [2.75, 3.05) is 13.6 Å². The van der Waals surface area contributed by atoms with Crippen LogP contribution in [0.25, 0.3) is 0 Å². The van der Waals surface area contributed by atoms with Crippen LogP contribution in [0.15, 0.2) is 54.6 Å². The molecular weight excluding hydrogens is 367 g/mol. The molecule has 1 saturated heterocycles. The van der Waals surface area contributed by atoms with Crippen molar-refractivity contribution in [3.63, 3.8) is 0 Å². The average Bonchev–Trinajstić information content (AvgIpc) is 3.08. The first-order valence-electron chi connectivity index (χ1n) is 9.26. The first kappa shape index (κ1) is 20.4. The summed E-state index contributed by atoms with van der Waals surface area (Å²) in [7, 11) is 1.60. The van der Waals surface area contributed by atoms with Crippen molar-refractivity contribution in [3.05, 3.63) is 71.3 Å². The summed E-state index contributed by atoms with van der Waals surface area (Å²) in [6.07, 6.45) is -3.82. The predicted octanol–water partition coefficient (Wildman–Crippen LogP) is 3.18. The summed E-state index contributed by atoms with van der Waals surface area (Å²) in [5, 5.41) is 5.90. The fourth-order valence-electron chi connectivity index (χ4n) is 3.69. The van der Waals surface area contributed by atoms with E-state index in [0.29, 0.717) is 19.5 Å². The molecule has 1 aliphatic heterocycles. The van der Waals surface area contributed by atoms with Gasteiger partial charge in [-0.05, 0) is 23.6 Å². The number of likely N-dealkylation sites (N-methyl/N-ethyl adjacent to an activating group) is 1. The minimum atomic E-state index is -4.38. The Kier molecular flexibility index (Phi) is 6.36. The van der Waals surface area contributed by atoms with E-state index in [1.165, 1.54) is 12.1 Å². The van der Waals surface area contributed by atoms with Crippen LogP contribution in [0.3, 0.4) is 0 Å². The molecule has 1 aliphatic rings. The molecule has 1 fully saturated rings. The van der Waals surface area contributed by atoms with E-state index in [9.17, 15) is 18.0 Å². The number of hydrogen-bond donors (Lipinski definition) is 2. The maximum Gasteiger partial charge on any atom is 0.416 e. The molecule has 0 unspecified atom stereocenters. The predicted molar refractivity (Wildman–Crippen MR) is 101 cm³/mol. The Hall–Kier alpha value is -2.38. The fourth-order valence-corrected chi connectivity index (χ4v) is 3.69. The van der Waals surface area contributed by atoms with Gasteiger partial charge in [-0.15, -0.1) is 0 Å². The highest BCUT2D eigenvalue weighted by molar-refractivity contribution is 5.81. The van der Waals surface area contributed by atoms with Gasteiger partial charge >= 0.3 is 6.18 Å². The van der Waals surface area contributed by atoms with Crippen molar-refractivity contribution in [2.45, 2.75) is 37.8 Å². The van der Waals surface area contributed by atoms with Gasteiger partial charge in [-0.1, -0.05) is 48.5 Å². The molecule has 1 heterocycles. The SMILES string of the molecule is CNC(=O)[C@@H]1C[C@@H](NCc2ccccc2C(F)(F)F)CN1Cc1ccccc1. The number of rotatable bonds is 6. The summed E-state index contributed by atoms with van der Waals surface area (Å²) in [6.45, 7) is 1.33. The van der Waals surface area contributed by atoms with Gasteiger partial charge in [-0.25, -0.2) is 0 Å². The molecule has 2 atom stereocenters. The molecule has 0 bridgehead atoms. The van der Waals surface area contributed by atoms with Crippen LogP contribution in [-0.4, -0.2) is 36.5 Å². The third-order valence-corrected chi connectivity index (χ3v) is 5.08. The smallest absolute Gasteiger partial charge is 0.358 e. The van der Waals surface area contributed by atoms with Crippen LogP contribution in [0.5, 0.6) is 0 Å². The van der Waals surface area contributed by atoms with Gasteiger partial charge in [0.2, 0.25) is 5.91 Å². The molecule has 4 nitrogen and oxygen atoms in total. The Labute approximate surface area is 162 Å². The van der Waals surface area contributed by atoms with Gasteiger partial charge in [-0.2, -0.15) is 13.2 Å². The number of carbonyl (C=O) groups excluding carboxylic acids is 1. The molecule has 0 aliphatic carbocycles.